The summed E-state index contributed by atoms with van der Waals surface area (Å²) >= 11 is 1.04. The minimum atomic E-state index is -4.66. The largest absolute Gasteiger partial charge is 0.511 e. The number of aliphatic hydroxyl groups excluding tert-OH is 1. The number of phenolic OH excluding ortho intramolecular Hbond substituents is 1. The monoisotopic (exact) mass is 678 g/mol. The number of aromatic hydroxyl groups is 1. The molecule has 8 nitrogen and oxygen atoms in total. The Hall–Kier alpha value is -3.71. The van der Waals surface area contributed by atoms with Gasteiger partial charge in [-0.3, -0.25) is 4.72 Å². The second-order valence-electron chi connectivity index (χ2n) is 12.7. The molecule has 0 radical (unpaired) electrons. The third-order valence-corrected chi connectivity index (χ3v) is 10.4. The van der Waals surface area contributed by atoms with E-state index in [9.17, 15) is 36.6 Å². The Bertz CT molecular complexity index is 1750. The molecule has 1 aliphatic rings. The van der Waals surface area contributed by atoms with Gasteiger partial charge < -0.3 is 14.9 Å². The van der Waals surface area contributed by atoms with E-state index in [1.54, 1.807) is 43.3 Å². The number of anilines is 1. The maximum atomic E-state index is 13.5. The van der Waals surface area contributed by atoms with Crippen LogP contribution in [0.4, 0.5) is 18.9 Å². The second kappa shape index (κ2) is 12.8. The number of aromatic nitrogens is 1. The van der Waals surface area contributed by atoms with E-state index >= 15 is 0 Å². The van der Waals surface area contributed by atoms with Crippen molar-refractivity contribution in [3.05, 3.63) is 87.6 Å². The van der Waals surface area contributed by atoms with Gasteiger partial charge in [0.2, 0.25) is 0 Å². The number of carbonyl (C=O) groups excluding carboxylic acids is 1. The standard InChI is InChI=1S/C33H37F3N2O6S2/c1-19(2)32(14-13-21-7-10-23(39)11-8-21)17-26(40)29(30(41)44-32)45-27-15-20(3)25(16-24(27)31(4,5)6)38-46(42,43)28-12-9-22(18-37-28)33(34,35)36/h7-12,15-16,18-19,38-40H,13-14,17H2,1-6H3/t32-/m0/s1. The first kappa shape index (κ1) is 35.1. The maximum absolute atomic E-state index is 13.5. The predicted molar refractivity (Wildman–Crippen MR) is 170 cm³/mol. The van der Waals surface area contributed by atoms with Gasteiger partial charge in [0.05, 0.1) is 11.3 Å². The molecule has 0 spiro atoms. The summed E-state index contributed by atoms with van der Waals surface area (Å²) in [7, 11) is -4.34. The molecule has 0 bridgehead atoms. The van der Waals surface area contributed by atoms with Gasteiger partial charge >= 0.3 is 12.1 Å². The molecule has 0 aliphatic carbocycles. The number of rotatable bonds is 9. The Morgan fingerprint density at radius 1 is 1.07 bits per heavy atom. The number of halogens is 3. The summed E-state index contributed by atoms with van der Waals surface area (Å²) in [5.74, 6) is -0.721. The number of hydrogen-bond donors (Lipinski definition) is 3. The molecule has 0 fully saturated rings. The number of sulfonamides is 1. The first-order chi connectivity index (χ1) is 21.2. The van der Waals surface area contributed by atoms with Crippen LogP contribution in [0.3, 0.4) is 0 Å². The van der Waals surface area contributed by atoms with Gasteiger partial charge in [-0.15, -0.1) is 0 Å². The minimum absolute atomic E-state index is 0.0353. The van der Waals surface area contributed by atoms with Crippen molar-refractivity contribution in [2.75, 3.05) is 4.72 Å². The third kappa shape index (κ3) is 7.80. The van der Waals surface area contributed by atoms with Crippen LogP contribution in [0.15, 0.2) is 75.3 Å². The van der Waals surface area contributed by atoms with E-state index < -0.39 is 43.8 Å². The SMILES string of the molecule is Cc1cc(SC2=C(O)C[C@@](CCc3ccc(O)cc3)(C(C)C)OC2=O)c(C(C)(C)C)cc1NS(=O)(=O)c1ccc(C(F)(F)F)cn1. The number of nitrogens with one attached hydrogen (secondary N) is 1. The first-order valence-corrected chi connectivity index (χ1v) is 16.8. The molecule has 3 N–H and O–H groups in total. The highest BCUT2D eigenvalue weighted by Gasteiger charge is 2.44. The van der Waals surface area contributed by atoms with Crippen LogP contribution in [0.2, 0.25) is 0 Å². The zero-order valence-corrected chi connectivity index (χ0v) is 28.0. The van der Waals surface area contributed by atoms with Crippen molar-refractivity contribution in [2.24, 2.45) is 5.92 Å². The van der Waals surface area contributed by atoms with Crippen LogP contribution in [0.5, 0.6) is 5.75 Å². The highest BCUT2D eigenvalue weighted by Crippen LogP contribution is 2.46. The quantitative estimate of drug-likeness (QED) is 0.194. The Morgan fingerprint density at radius 3 is 2.24 bits per heavy atom. The summed E-state index contributed by atoms with van der Waals surface area (Å²) < 4.78 is 73.5. The summed E-state index contributed by atoms with van der Waals surface area (Å²) in [6, 6.07) is 11.5. The van der Waals surface area contributed by atoms with E-state index in [2.05, 4.69) is 9.71 Å². The fourth-order valence-electron chi connectivity index (χ4n) is 5.09. The predicted octanol–water partition coefficient (Wildman–Crippen LogP) is 8.05. The summed E-state index contributed by atoms with van der Waals surface area (Å²) in [5, 5.41) is 20.3. The lowest BCUT2D eigenvalue weighted by molar-refractivity contribution is -0.164. The number of alkyl halides is 3. The van der Waals surface area contributed by atoms with E-state index in [0.29, 0.717) is 41.1 Å². The molecule has 13 heteroatoms. The van der Waals surface area contributed by atoms with Gasteiger partial charge in [-0.2, -0.15) is 21.6 Å². The van der Waals surface area contributed by atoms with Crippen LogP contribution in [0, 0.1) is 12.8 Å². The molecule has 1 aromatic heterocycles. The summed E-state index contributed by atoms with van der Waals surface area (Å²) in [6.07, 6.45) is -3.06. The molecule has 0 unspecified atom stereocenters. The number of thioether (sulfide) groups is 1. The highest BCUT2D eigenvalue weighted by atomic mass is 32.2. The molecular formula is C33H37F3N2O6S2. The molecule has 1 atom stereocenters. The van der Waals surface area contributed by atoms with Crippen molar-refractivity contribution < 1.29 is 41.3 Å². The Morgan fingerprint density at radius 2 is 1.72 bits per heavy atom. The van der Waals surface area contributed by atoms with E-state index in [4.69, 9.17) is 4.74 Å². The van der Waals surface area contributed by atoms with E-state index in [0.717, 1.165) is 23.4 Å². The van der Waals surface area contributed by atoms with Gasteiger partial charge in [0.15, 0.2) is 5.03 Å². The van der Waals surface area contributed by atoms with Crippen LogP contribution in [0.1, 0.15) is 69.7 Å². The Balaban J connectivity index is 1.62. The van der Waals surface area contributed by atoms with Crippen molar-refractivity contribution in [2.45, 2.75) is 87.9 Å². The van der Waals surface area contributed by atoms with E-state index in [1.807, 2.05) is 34.6 Å². The number of pyridine rings is 1. The summed E-state index contributed by atoms with van der Waals surface area (Å²) in [6.45, 7) is 11.2. The number of esters is 1. The molecule has 1 aliphatic heterocycles. The van der Waals surface area contributed by atoms with E-state index in [-0.39, 0.29) is 34.4 Å². The number of nitrogens with zero attached hydrogens (tertiary/aromatic N) is 1. The number of ether oxygens (including phenoxy) is 1. The maximum Gasteiger partial charge on any atom is 0.417 e. The Kier molecular flexibility index (Phi) is 9.80. The minimum Gasteiger partial charge on any atom is -0.511 e. The molecule has 4 rings (SSSR count). The smallest absolute Gasteiger partial charge is 0.417 e. The average Bonchev–Trinajstić information content (AvgIpc) is 2.94. The fourth-order valence-corrected chi connectivity index (χ4v) is 7.39. The number of cyclic esters (lactones) is 1. The number of hydrogen-bond acceptors (Lipinski definition) is 8. The average molecular weight is 679 g/mol. The fraction of sp³-hybridized carbons (Fsp3) is 0.394. The third-order valence-electron chi connectivity index (χ3n) is 7.97. The van der Waals surface area contributed by atoms with Crippen LogP contribution >= 0.6 is 11.8 Å². The van der Waals surface area contributed by atoms with Gasteiger partial charge in [0.25, 0.3) is 10.0 Å². The van der Waals surface area contributed by atoms with Crippen LogP contribution in [-0.4, -0.2) is 35.2 Å². The van der Waals surface area contributed by atoms with Crippen molar-refractivity contribution in [3.63, 3.8) is 0 Å². The van der Waals surface area contributed by atoms with Gasteiger partial charge in [0.1, 0.15) is 22.0 Å². The lowest BCUT2D eigenvalue weighted by Crippen LogP contribution is -2.44. The van der Waals surface area contributed by atoms with Gasteiger partial charge in [-0.05, 0) is 84.2 Å². The molecular weight excluding hydrogens is 641 g/mol. The molecule has 0 saturated heterocycles. The first-order valence-electron chi connectivity index (χ1n) is 14.5. The number of aryl methyl sites for hydroxylation is 2. The topological polar surface area (TPSA) is 126 Å². The zero-order chi connectivity index (χ0) is 34.2. The van der Waals surface area contributed by atoms with Crippen LogP contribution in [0.25, 0.3) is 0 Å². The van der Waals surface area contributed by atoms with Gasteiger partial charge in [-0.1, -0.05) is 58.5 Å². The number of aliphatic hydroxyl groups is 1. The van der Waals surface area contributed by atoms with Gasteiger partial charge in [0, 0.05) is 17.5 Å². The molecule has 2 aromatic carbocycles. The lowest BCUT2D eigenvalue weighted by atomic mass is 9.80. The zero-order valence-electron chi connectivity index (χ0n) is 26.3. The molecule has 0 saturated carbocycles. The highest BCUT2D eigenvalue weighted by molar-refractivity contribution is 8.04. The normalized spacial score (nSPS) is 17.7. The summed E-state index contributed by atoms with van der Waals surface area (Å²) in [4.78, 5) is 17.6. The molecule has 46 heavy (non-hydrogen) atoms. The second-order valence-corrected chi connectivity index (χ2v) is 15.4. The molecule has 2 heterocycles. The van der Waals surface area contributed by atoms with Crippen LogP contribution < -0.4 is 4.72 Å². The molecule has 3 aromatic rings. The van der Waals surface area contributed by atoms with Crippen molar-refractivity contribution in [1.82, 2.24) is 4.98 Å². The lowest BCUT2D eigenvalue weighted by Gasteiger charge is -2.40. The van der Waals surface area contributed by atoms with Gasteiger partial charge in [-0.25, -0.2) is 9.78 Å². The van der Waals surface area contributed by atoms with Crippen molar-refractivity contribution in [3.8, 4) is 5.75 Å². The number of phenols is 1. The number of benzene rings is 2. The van der Waals surface area contributed by atoms with Crippen LogP contribution in [-0.2, 0) is 37.6 Å². The summed E-state index contributed by atoms with van der Waals surface area (Å²) in [5.41, 5.74) is -0.297. The Labute approximate surface area is 271 Å². The molecule has 248 valence electrons. The number of carbonyl (C=O) groups is 1. The molecule has 0 amide bonds. The van der Waals surface area contributed by atoms with Crippen molar-refractivity contribution >= 4 is 33.4 Å². The van der Waals surface area contributed by atoms with E-state index in [1.165, 1.54) is 0 Å². The van der Waals surface area contributed by atoms with Crippen molar-refractivity contribution in [1.29, 1.82) is 0 Å².